The quantitative estimate of drug-likeness (QED) is 0.611. The summed E-state index contributed by atoms with van der Waals surface area (Å²) in [5.74, 6) is 1.57. The number of para-hydroxylation sites is 1. The summed E-state index contributed by atoms with van der Waals surface area (Å²) in [5, 5.41) is 7.69. The van der Waals surface area contributed by atoms with Crippen LogP contribution in [0.1, 0.15) is 24.1 Å². The highest BCUT2D eigenvalue weighted by Crippen LogP contribution is 2.22. The summed E-state index contributed by atoms with van der Waals surface area (Å²) in [6.07, 6.45) is 3.86. The van der Waals surface area contributed by atoms with Gasteiger partial charge in [0, 0.05) is 25.8 Å². The Bertz CT molecular complexity index is 995. The van der Waals surface area contributed by atoms with Crippen molar-refractivity contribution < 1.29 is 9.53 Å². The predicted octanol–water partition coefficient (Wildman–Crippen LogP) is 4.02. The number of piperidine rings is 1. The maximum Gasteiger partial charge on any atom is 0.318 e. The topological polar surface area (TPSA) is 62.6 Å². The summed E-state index contributed by atoms with van der Waals surface area (Å²) in [4.78, 5) is 17.3. The molecule has 0 unspecified atom stereocenters. The molecule has 3 aromatic rings. The van der Waals surface area contributed by atoms with E-state index in [0.29, 0.717) is 13.1 Å². The Hall–Kier alpha value is -3.32. The average molecular weight is 434 g/mol. The van der Waals surface area contributed by atoms with Crippen LogP contribution in [0.5, 0.6) is 11.5 Å². The zero-order chi connectivity index (χ0) is 22.3. The van der Waals surface area contributed by atoms with E-state index in [1.807, 2.05) is 78.8 Å². The lowest BCUT2D eigenvalue weighted by molar-refractivity contribution is 0.175. The second kappa shape index (κ2) is 10.3. The molecule has 1 N–H and O–H groups in total. The maximum absolute atomic E-state index is 13.2. The molecule has 0 radical (unpaired) electrons. The molecule has 1 aliphatic rings. The fourth-order valence-corrected chi connectivity index (χ4v) is 3.87. The number of carbonyl (C=O) groups excluding carboxylic acids is 1. The highest BCUT2D eigenvalue weighted by molar-refractivity contribution is 5.74. The van der Waals surface area contributed by atoms with Crippen molar-refractivity contribution in [2.24, 2.45) is 7.05 Å². The first-order chi connectivity index (χ1) is 15.5. The number of urea groups is 1. The Kier molecular flexibility index (Phi) is 7.07. The van der Waals surface area contributed by atoms with Gasteiger partial charge in [-0.05, 0) is 68.9 Å². The number of amides is 2. The highest BCUT2D eigenvalue weighted by atomic mass is 16.5. The number of aromatic nitrogens is 2. The monoisotopic (exact) mass is 433 g/mol. The van der Waals surface area contributed by atoms with Gasteiger partial charge >= 0.3 is 6.03 Å². The van der Waals surface area contributed by atoms with E-state index in [-0.39, 0.29) is 12.1 Å². The number of aryl methyl sites for hydroxylation is 1. The van der Waals surface area contributed by atoms with E-state index in [9.17, 15) is 4.79 Å². The normalized spacial score (nSPS) is 14.8. The molecule has 4 rings (SSSR count). The lowest BCUT2D eigenvalue weighted by Crippen LogP contribution is -2.48. The molecule has 1 saturated heterocycles. The second-order valence-electron chi connectivity index (χ2n) is 8.42. The minimum Gasteiger partial charge on any atom is -0.457 e. The number of ether oxygens (including phenoxy) is 1. The third-order valence-electron chi connectivity index (χ3n) is 5.73. The Morgan fingerprint density at radius 1 is 1.00 bits per heavy atom. The van der Waals surface area contributed by atoms with Crippen LogP contribution >= 0.6 is 0 Å². The number of hydrogen-bond donors (Lipinski definition) is 1. The number of hydrogen-bond acceptors (Lipinski definition) is 4. The molecule has 1 aliphatic heterocycles. The molecule has 32 heavy (non-hydrogen) atoms. The van der Waals surface area contributed by atoms with E-state index in [2.05, 4.69) is 22.4 Å². The van der Waals surface area contributed by atoms with Gasteiger partial charge in [0.25, 0.3) is 0 Å². The molecule has 2 aromatic carbocycles. The molecule has 1 fully saturated rings. The third-order valence-corrected chi connectivity index (χ3v) is 5.73. The van der Waals surface area contributed by atoms with E-state index in [1.165, 1.54) is 0 Å². The maximum atomic E-state index is 13.2. The summed E-state index contributed by atoms with van der Waals surface area (Å²) < 4.78 is 7.65. The van der Waals surface area contributed by atoms with Crippen LogP contribution in [0, 0.1) is 0 Å². The van der Waals surface area contributed by atoms with Gasteiger partial charge in [0.1, 0.15) is 11.5 Å². The Labute approximate surface area is 189 Å². The van der Waals surface area contributed by atoms with Gasteiger partial charge in [0.15, 0.2) is 0 Å². The van der Waals surface area contributed by atoms with E-state index in [1.54, 1.807) is 4.68 Å². The van der Waals surface area contributed by atoms with Crippen molar-refractivity contribution in [2.45, 2.75) is 32.0 Å². The molecule has 7 heteroatoms. The highest BCUT2D eigenvalue weighted by Gasteiger charge is 2.22. The van der Waals surface area contributed by atoms with E-state index in [4.69, 9.17) is 4.74 Å². The van der Waals surface area contributed by atoms with Crippen LogP contribution in [-0.4, -0.2) is 51.8 Å². The molecule has 0 atom stereocenters. The molecular formula is C25H31N5O2. The summed E-state index contributed by atoms with van der Waals surface area (Å²) >= 11 is 0. The van der Waals surface area contributed by atoms with Crippen molar-refractivity contribution in [2.75, 3.05) is 20.1 Å². The van der Waals surface area contributed by atoms with Crippen LogP contribution in [0.3, 0.4) is 0 Å². The molecule has 2 amide bonds. The first kappa shape index (κ1) is 21.9. The SMILES string of the molecule is CN1CCC(NC(=O)N(Cc2ccc(Oc3ccccc3)cc2)Cc2ccn(C)n2)CC1. The van der Waals surface area contributed by atoms with Gasteiger partial charge < -0.3 is 19.9 Å². The van der Waals surface area contributed by atoms with Crippen LogP contribution < -0.4 is 10.1 Å². The van der Waals surface area contributed by atoms with Crippen molar-refractivity contribution in [1.82, 2.24) is 24.9 Å². The summed E-state index contributed by atoms with van der Waals surface area (Å²) in [5.41, 5.74) is 1.91. The van der Waals surface area contributed by atoms with Crippen molar-refractivity contribution in [1.29, 1.82) is 0 Å². The molecule has 0 bridgehead atoms. The van der Waals surface area contributed by atoms with Gasteiger partial charge in [-0.2, -0.15) is 5.10 Å². The van der Waals surface area contributed by atoms with Gasteiger partial charge in [-0.3, -0.25) is 4.68 Å². The number of likely N-dealkylation sites (tertiary alicyclic amines) is 1. The molecule has 2 heterocycles. The molecule has 0 aliphatic carbocycles. The van der Waals surface area contributed by atoms with Gasteiger partial charge in [-0.25, -0.2) is 4.79 Å². The zero-order valence-corrected chi connectivity index (χ0v) is 18.8. The molecule has 0 spiro atoms. The molecule has 7 nitrogen and oxygen atoms in total. The number of rotatable bonds is 7. The van der Waals surface area contributed by atoms with Crippen molar-refractivity contribution in [3.63, 3.8) is 0 Å². The molecular weight excluding hydrogens is 402 g/mol. The minimum absolute atomic E-state index is 0.0465. The summed E-state index contributed by atoms with van der Waals surface area (Å²) in [6.45, 7) is 2.98. The van der Waals surface area contributed by atoms with Crippen molar-refractivity contribution in [3.05, 3.63) is 78.1 Å². The number of benzene rings is 2. The predicted molar refractivity (Wildman–Crippen MR) is 124 cm³/mol. The second-order valence-corrected chi connectivity index (χ2v) is 8.42. The minimum atomic E-state index is -0.0465. The number of nitrogens with one attached hydrogen (secondary N) is 1. The van der Waals surface area contributed by atoms with E-state index >= 15 is 0 Å². The number of carbonyl (C=O) groups is 1. The van der Waals surface area contributed by atoms with E-state index < -0.39 is 0 Å². The lowest BCUT2D eigenvalue weighted by atomic mass is 10.1. The fraction of sp³-hybridized carbons (Fsp3) is 0.360. The lowest BCUT2D eigenvalue weighted by Gasteiger charge is -2.31. The molecule has 0 saturated carbocycles. The smallest absolute Gasteiger partial charge is 0.318 e. The van der Waals surface area contributed by atoms with Crippen LogP contribution in [0.4, 0.5) is 4.79 Å². The zero-order valence-electron chi connectivity index (χ0n) is 18.8. The van der Waals surface area contributed by atoms with Crippen LogP contribution in [-0.2, 0) is 20.1 Å². The van der Waals surface area contributed by atoms with Crippen molar-refractivity contribution in [3.8, 4) is 11.5 Å². The molecule has 1 aromatic heterocycles. The summed E-state index contributed by atoms with van der Waals surface area (Å²) in [7, 11) is 4.01. The third kappa shape index (κ3) is 6.11. The largest absolute Gasteiger partial charge is 0.457 e. The van der Waals surface area contributed by atoms with Crippen LogP contribution in [0.15, 0.2) is 66.9 Å². The first-order valence-electron chi connectivity index (χ1n) is 11.1. The first-order valence-corrected chi connectivity index (χ1v) is 11.1. The van der Waals surface area contributed by atoms with Crippen LogP contribution in [0.2, 0.25) is 0 Å². The van der Waals surface area contributed by atoms with Crippen molar-refractivity contribution >= 4 is 6.03 Å². The van der Waals surface area contributed by atoms with E-state index in [0.717, 1.165) is 48.7 Å². The Morgan fingerprint density at radius 3 is 2.34 bits per heavy atom. The number of nitrogens with zero attached hydrogens (tertiary/aromatic N) is 4. The standard InChI is InChI=1S/C25H31N5O2/c1-28-15-12-21(13-16-28)26-25(31)30(19-22-14-17-29(2)27-22)18-20-8-10-24(11-9-20)32-23-6-4-3-5-7-23/h3-11,14,17,21H,12-13,15-16,18-19H2,1-2H3,(H,26,31). The molecule has 168 valence electrons. The Balaban J connectivity index is 1.42. The van der Waals surface area contributed by atoms with Gasteiger partial charge in [0.2, 0.25) is 0 Å². The van der Waals surface area contributed by atoms with Gasteiger partial charge in [-0.15, -0.1) is 0 Å². The van der Waals surface area contributed by atoms with Gasteiger partial charge in [-0.1, -0.05) is 30.3 Å². The summed E-state index contributed by atoms with van der Waals surface area (Å²) in [6, 6.07) is 19.7. The Morgan fingerprint density at radius 2 is 1.69 bits per heavy atom. The van der Waals surface area contributed by atoms with Crippen LogP contribution in [0.25, 0.3) is 0 Å². The average Bonchev–Trinajstić information content (AvgIpc) is 3.21. The van der Waals surface area contributed by atoms with Gasteiger partial charge in [0.05, 0.1) is 12.2 Å². The fourth-order valence-electron chi connectivity index (χ4n) is 3.87.